The minimum Gasteiger partial charge on any atom is -0.497 e. The highest BCUT2D eigenvalue weighted by molar-refractivity contribution is 6.25. The third kappa shape index (κ3) is 13.6. The van der Waals surface area contributed by atoms with Crippen LogP contribution in [0.25, 0.3) is 253 Å². The Hall–Kier alpha value is -18.4. The predicted octanol–water partition coefficient (Wildman–Crippen LogP) is 34.3. The van der Waals surface area contributed by atoms with Gasteiger partial charge in [0.05, 0.1) is 51.2 Å². The lowest BCUT2D eigenvalue weighted by Crippen LogP contribution is -2.14. The average molecular weight is 1800 g/mol. The smallest absolute Gasteiger partial charge is 0.164 e. The van der Waals surface area contributed by atoms with Crippen LogP contribution in [0.3, 0.4) is 0 Å². The number of aromatic nitrogens is 8. The van der Waals surface area contributed by atoms with Crippen LogP contribution in [0.4, 0.5) is 0 Å². The van der Waals surface area contributed by atoms with Gasteiger partial charge in [-0.15, -0.1) is 0 Å². The highest BCUT2D eigenvalue weighted by Crippen LogP contribution is 2.53. The molecule has 0 radical (unpaired) electrons. The Morgan fingerprint density at radius 3 is 1.03 bits per heavy atom. The number of hydrogen-bond donors (Lipinski definition) is 0. The zero-order chi connectivity index (χ0) is 93.5. The van der Waals surface area contributed by atoms with Crippen molar-refractivity contribution in [1.29, 1.82) is 0 Å². The third-order valence-electron chi connectivity index (χ3n) is 29.2. The summed E-state index contributed by atoms with van der Waals surface area (Å²) in [5.74, 6) is 2.78. The Balaban J connectivity index is 0.000000112. The van der Waals surface area contributed by atoms with Gasteiger partial charge in [0.25, 0.3) is 0 Å². The molecule has 0 amide bonds. The van der Waals surface area contributed by atoms with E-state index in [0.29, 0.717) is 17.5 Å². The number of ether oxygens (including phenoxy) is 1. The SMILES string of the molecule is CC1(C)c2ccccc2-c2cc3c(-c4cccnc4)cc4cc5c6ccccc6n(-c6ccccc6)c5cc4c3cc21.COc1ccc(-c2cc3cc4c5ccccc5n(-c5ccccc5)c4cc3c3ccccc23)cc1.c1ccc(-c2nc(-c3ccccc3)nc(-c3cccc(-n4c5ccccc5c5cc(-c6cc7cc8c9ccccc9n(-c9ccccc9)c8cc7c7ccccc67)ccc54)c3)n2)cc1. The molecule has 0 N–H and O–H groups in total. The normalized spacial score (nSPS) is 12.3. The van der Waals surface area contributed by atoms with E-state index in [0.717, 1.165) is 50.4 Å². The lowest BCUT2D eigenvalue weighted by molar-refractivity contribution is 0.415. The van der Waals surface area contributed by atoms with E-state index in [1.807, 2.05) is 91.3 Å². The Morgan fingerprint density at radius 2 is 0.560 bits per heavy atom. The van der Waals surface area contributed by atoms with E-state index < -0.39 is 0 Å². The lowest BCUT2D eigenvalue weighted by atomic mass is 9.81. The van der Waals surface area contributed by atoms with Crippen LogP contribution in [0, 0.1) is 0 Å². The highest BCUT2D eigenvalue weighted by atomic mass is 16.5. The predicted molar refractivity (Wildman–Crippen MR) is 590 cm³/mol. The van der Waals surface area contributed by atoms with Gasteiger partial charge in [-0.25, -0.2) is 15.0 Å². The molecule has 6 heterocycles. The number of methoxy groups -OCH3 is 1. The van der Waals surface area contributed by atoms with Crippen molar-refractivity contribution in [2.75, 3.05) is 7.11 Å². The molecule has 9 nitrogen and oxygen atoms in total. The van der Waals surface area contributed by atoms with Crippen LogP contribution in [-0.4, -0.2) is 45.3 Å². The third-order valence-corrected chi connectivity index (χ3v) is 29.2. The number of rotatable bonds is 11. The van der Waals surface area contributed by atoms with Crippen LogP contribution in [0.2, 0.25) is 0 Å². The molecule has 22 aromatic carbocycles. The Bertz CT molecular complexity index is 9860. The molecule has 0 spiro atoms. The number of nitrogens with zero attached hydrogens (tertiary/aromatic N) is 8. The number of para-hydroxylation sites is 7. The Morgan fingerprint density at radius 1 is 0.199 bits per heavy atom. The van der Waals surface area contributed by atoms with Gasteiger partial charge < -0.3 is 23.0 Å². The van der Waals surface area contributed by atoms with E-state index >= 15 is 0 Å². The summed E-state index contributed by atoms with van der Waals surface area (Å²) >= 11 is 0. The van der Waals surface area contributed by atoms with E-state index in [4.69, 9.17) is 19.7 Å². The fourth-order valence-corrected chi connectivity index (χ4v) is 22.7. The molecule has 9 heteroatoms. The first kappa shape index (κ1) is 82.1. The molecule has 141 heavy (non-hydrogen) atoms. The highest BCUT2D eigenvalue weighted by Gasteiger charge is 2.36. The molecule has 1 aliphatic carbocycles. The van der Waals surface area contributed by atoms with Crippen molar-refractivity contribution < 1.29 is 4.74 Å². The fourth-order valence-electron chi connectivity index (χ4n) is 22.7. The molecule has 0 unspecified atom stereocenters. The number of fused-ring (bicyclic) bond motifs is 24. The van der Waals surface area contributed by atoms with Crippen molar-refractivity contribution in [3.63, 3.8) is 0 Å². The van der Waals surface area contributed by atoms with Crippen LogP contribution in [0.1, 0.15) is 25.0 Å². The fraction of sp³-hybridized carbons (Fsp3) is 0.0303. The molecule has 0 fully saturated rings. The molecular weight excluding hydrogens is 1710 g/mol. The van der Waals surface area contributed by atoms with Crippen molar-refractivity contribution in [2.45, 2.75) is 19.3 Å². The van der Waals surface area contributed by atoms with Crippen molar-refractivity contribution in [2.24, 2.45) is 0 Å². The Labute approximate surface area is 813 Å². The summed E-state index contributed by atoms with van der Waals surface area (Å²) in [4.78, 5) is 19.5. The van der Waals surface area contributed by atoms with Crippen molar-refractivity contribution in [3.05, 3.63) is 491 Å². The summed E-state index contributed by atoms with van der Waals surface area (Å²) in [5, 5.41) is 25.0. The van der Waals surface area contributed by atoms with Crippen molar-refractivity contribution >= 4 is 152 Å². The van der Waals surface area contributed by atoms with Gasteiger partial charge in [0.2, 0.25) is 0 Å². The van der Waals surface area contributed by atoms with Gasteiger partial charge in [-0.05, 0) is 285 Å². The first-order valence-electron chi connectivity index (χ1n) is 48.2. The minimum atomic E-state index is -0.0697. The monoisotopic (exact) mass is 1800 g/mol. The lowest BCUT2D eigenvalue weighted by Gasteiger charge is -2.22. The van der Waals surface area contributed by atoms with Crippen molar-refractivity contribution in [1.82, 2.24) is 38.2 Å². The van der Waals surface area contributed by atoms with Crippen LogP contribution in [0.5, 0.6) is 5.75 Å². The molecule has 662 valence electrons. The number of pyridine rings is 1. The molecular formula is C132H88N8O. The average Bonchev–Trinajstić information content (AvgIpc) is 1.55. The molecule has 29 rings (SSSR count). The second kappa shape index (κ2) is 33.2. The van der Waals surface area contributed by atoms with Gasteiger partial charge in [0, 0.05) is 106 Å². The number of hydrogen-bond acceptors (Lipinski definition) is 5. The van der Waals surface area contributed by atoms with Crippen LogP contribution < -0.4 is 4.74 Å². The molecule has 0 bridgehead atoms. The molecule has 28 aromatic rings. The first-order chi connectivity index (χ1) is 69.6. The van der Waals surface area contributed by atoms with Crippen LogP contribution >= 0.6 is 0 Å². The van der Waals surface area contributed by atoms with E-state index in [1.165, 1.54) is 202 Å². The Kier molecular flexibility index (Phi) is 19.3. The van der Waals surface area contributed by atoms with Gasteiger partial charge in [-0.3, -0.25) is 4.98 Å². The summed E-state index contributed by atoms with van der Waals surface area (Å²) < 4.78 is 15.0. The topological polar surface area (TPSA) is 80.5 Å². The maximum Gasteiger partial charge on any atom is 0.164 e. The van der Waals surface area contributed by atoms with Crippen LogP contribution in [0.15, 0.2) is 480 Å². The summed E-state index contributed by atoms with van der Waals surface area (Å²) in [6.07, 6.45) is 3.84. The van der Waals surface area contributed by atoms with Crippen molar-refractivity contribution in [3.8, 4) is 107 Å². The summed E-state index contributed by atoms with van der Waals surface area (Å²) in [7, 11) is 1.71. The maximum atomic E-state index is 5.39. The molecule has 0 saturated carbocycles. The van der Waals surface area contributed by atoms with E-state index in [-0.39, 0.29) is 5.41 Å². The zero-order valence-corrected chi connectivity index (χ0v) is 77.6. The van der Waals surface area contributed by atoms with Gasteiger partial charge in [-0.2, -0.15) is 0 Å². The van der Waals surface area contributed by atoms with Crippen LogP contribution in [-0.2, 0) is 5.41 Å². The van der Waals surface area contributed by atoms with E-state index in [1.54, 1.807) is 7.11 Å². The van der Waals surface area contributed by atoms with Gasteiger partial charge >= 0.3 is 0 Å². The molecule has 0 saturated heterocycles. The second-order valence-electron chi connectivity index (χ2n) is 37.5. The number of benzene rings is 22. The largest absolute Gasteiger partial charge is 0.497 e. The summed E-state index contributed by atoms with van der Waals surface area (Å²) in [6.45, 7) is 4.73. The standard InChI is InChI=1S/C59H37N5.C40H28N2.C33H23NO/c1-4-17-38(18-5-1)57-60-58(39-19-6-2-7-20-39)62-59(61-57)41-21-16-24-44(33-41)64-54-30-15-12-27-47(54)51-34-40(31-32-55(51)64)49-35-42-36-52-48-28-13-14-29-53(48)63(43-22-8-3-9-23-43)56(52)37-50(42)46-26-11-10-25-45(46)49;1-40(2)36-16-8-6-14-28(36)34-21-32-30(25-11-10-18-41-24-25)19-26-20-35-29-15-7-9-17-38(29)42(27-12-4-3-5-13-27)39(35)23-31(26)33(32)22-37(34)40;1-35-25-17-15-22(16-18-25)29-19-23-20-31-28-13-7-8-14-32(28)34(24-9-3-2-4-10-24)33(31)21-30(23)27-12-6-5-11-26(27)29/h1-37H;3-24H,1-2H3;2-21H,1H3. The van der Waals surface area contributed by atoms with Gasteiger partial charge in [-0.1, -0.05) is 311 Å². The van der Waals surface area contributed by atoms with Gasteiger partial charge in [0.1, 0.15) is 5.75 Å². The quantitative estimate of drug-likeness (QED) is 0.121. The molecule has 0 atom stereocenters. The molecule has 0 aliphatic heterocycles. The van der Waals surface area contributed by atoms with E-state index in [2.05, 4.69) is 425 Å². The molecule has 1 aliphatic rings. The zero-order valence-electron chi connectivity index (χ0n) is 77.6. The first-order valence-corrected chi connectivity index (χ1v) is 48.2. The second-order valence-corrected chi connectivity index (χ2v) is 37.5. The molecule has 6 aromatic heterocycles. The minimum absolute atomic E-state index is 0.0697. The maximum absolute atomic E-state index is 5.39. The van der Waals surface area contributed by atoms with E-state index in [9.17, 15) is 0 Å². The van der Waals surface area contributed by atoms with Gasteiger partial charge in [0.15, 0.2) is 17.5 Å². The summed E-state index contributed by atoms with van der Waals surface area (Å²) in [5.41, 5.74) is 29.5. The summed E-state index contributed by atoms with van der Waals surface area (Å²) in [6, 6.07) is 168.